The highest BCUT2D eigenvalue weighted by atomic mass is 127. The lowest BCUT2D eigenvalue weighted by molar-refractivity contribution is -0.131. The summed E-state index contributed by atoms with van der Waals surface area (Å²) in [6.07, 6.45) is 0.597. The van der Waals surface area contributed by atoms with E-state index in [0.29, 0.717) is 6.42 Å². The number of nitrogens with zero attached hydrogens (tertiary/aromatic N) is 1. The van der Waals surface area contributed by atoms with Crippen LogP contribution in [-0.2, 0) is 9.59 Å². The quantitative estimate of drug-likeness (QED) is 0.743. The summed E-state index contributed by atoms with van der Waals surface area (Å²) >= 11 is 5.57. The number of hydrogen-bond donors (Lipinski definition) is 1. The fourth-order valence-corrected chi connectivity index (χ4v) is 2.94. The van der Waals surface area contributed by atoms with Crippen molar-refractivity contribution in [1.82, 2.24) is 5.32 Å². The molecule has 1 atom stereocenters. The Bertz CT molecular complexity index is 507. The zero-order chi connectivity index (χ0) is 13.3. The first-order chi connectivity index (χ1) is 8.54. The summed E-state index contributed by atoms with van der Waals surface area (Å²) < 4.78 is 1.85. The van der Waals surface area contributed by atoms with E-state index in [1.54, 1.807) is 4.90 Å². The molecule has 18 heavy (non-hydrogen) atoms. The second kappa shape index (κ2) is 5.56. The monoisotopic (exact) mass is 422 g/mol. The van der Waals surface area contributed by atoms with Crippen LogP contribution in [0.3, 0.4) is 0 Å². The van der Waals surface area contributed by atoms with Crippen LogP contribution in [0.2, 0.25) is 0 Å². The van der Waals surface area contributed by atoms with Crippen LogP contribution in [0.15, 0.2) is 22.7 Å². The van der Waals surface area contributed by atoms with Gasteiger partial charge in [0.05, 0.1) is 12.2 Å². The Balaban J connectivity index is 2.47. The first-order valence-corrected chi connectivity index (χ1v) is 7.46. The molecule has 6 heteroatoms. The molecule has 2 amide bonds. The molecule has 1 N–H and O–H groups in total. The van der Waals surface area contributed by atoms with Crippen LogP contribution in [-0.4, -0.2) is 24.4 Å². The Morgan fingerprint density at radius 3 is 2.89 bits per heavy atom. The largest absolute Gasteiger partial charge is 0.345 e. The van der Waals surface area contributed by atoms with Gasteiger partial charge in [-0.05, 0) is 47.2 Å². The first kappa shape index (κ1) is 13.8. The Hall–Kier alpha value is -0.630. The summed E-state index contributed by atoms with van der Waals surface area (Å²) in [6, 6.07) is 5.29. The van der Waals surface area contributed by atoms with Crippen LogP contribution in [0.1, 0.15) is 13.3 Å². The van der Waals surface area contributed by atoms with Crippen LogP contribution < -0.4 is 10.2 Å². The molecule has 0 radical (unpaired) electrons. The van der Waals surface area contributed by atoms with Crippen molar-refractivity contribution in [2.75, 3.05) is 11.4 Å². The minimum Gasteiger partial charge on any atom is -0.345 e. The molecule has 0 spiro atoms. The lowest BCUT2D eigenvalue weighted by atomic mass is 10.1. The van der Waals surface area contributed by atoms with Crippen molar-refractivity contribution in [3.8, 4) is 0 Å². The molecule has 1 heterocycles. The zero-order valence-electron chi connectivity index (χ0n) is 9.74. The average Bonchev–Trinajstić information content (AvgIpc) is 2.35. The van der Waals surface area contributed by atoms with E-state index in [0.717, 1.165) is 13.7 Å². The van der Waals surface area contributed by atoms with Gasteiger partial charge in [0, 0.05) is 8.04 Å². The highest BCUT2D eigenvalue weighted by Gasteiger charge is 2.35. The molecule has 1 aromatic carbocycles. The molecule has 2 rings (SSSR count). The molecular weight excluding hydrogens is 411 g/mol. The van der Waals surface area contributed by atoms with Gasteiger partial charge in [-0.2, -0.15) is 0 Å². The number of halogens is 2. The van der Waals surface area contributed by atoms with E-state index in [4.69, 9.17) is 0 Å². The number of carbonyl (C=O) groups excluding carboxylic acids is 2. The lowest BCUT2D eigenvalue weighted by Crippen LogP contribution is -2.58. The van der Waals surface area contributed by atoms with Crippen molar-refractivity contribution >= 4 is 56.0 Å². The SMILES string of the molecule is CCC1C(=O)NCC(=O)N1c1cc(Br)ccc1I. The minimum atomic E-state index is -0.422. The van der Waals surface area contributed by atoms with Crippen molar-refractivity contribution in [1.29, 1.82) is 0 Å². The zero-order valence-corrected chi connectivity index (χ0v) is 13.5. The smallest absolute Gasteiger partial charge is 0.247 e. The number of rotatable bonds is 2. The van der Waals surface area contributed by atoms with Crippen LogP contribution >= 0.6 is 38.5 Å². The van der Waals surface area contributed by atoms with Gasteiger partial charge < -0.3 is 5.32 Å². The van der Waals surface area contributed by atoms with Crippen LogP contribution in [0, 0.1) is 3.57 Å². The number of anilines is 1. The van der Waals surface area contributed by atoms with Crippen molar-refractivity contribution in [2.45, 2.75) is 19.4 Å². The van der Waals surface area contributed by atoms with E-state index in [1.807, 2.05) is 25.1 Å². The molecule has 96 valence electrons. The third kappa shape index (κ3) is 2.54. The Morgan fingerprint density at radius 2 is 2.22 bits per heavy atom. The standard InChI is InChI=1S/C12H12BrIN2O2/c1-2-9-12(18)15-6-11(17)16(9)10-5-7(13)3-4-8(10)14/h3-5,9H,2,6H2,1H3,(H,15,18). The predicted octanol–water partition coefficient (Wildman–Crippen LogP) is 2.30. The fraction of sp³-hybridized carbons (Fsp3) is 0.333. The predicted molar refractivity (Wildman–Crippen MR) is 81.4 cm³/mol. The topological polar surface area (TPSA) is 49.4 Å². The van der Waals surface area contributed by atoms with Crippen molar-refractivity contribution in [2.24, 2.45) is 0 Å². The van der Waals surface area contributed by atoms with Gasteiger partial charge in [0.25, 0.3) is 0 Å². The summed E-state index contributed by atoms with van der Waals surface area (Å²) in [7, 11) is 0. The molecule has 1 aromatic rings. The maximum atomic E-state index is 12.1. The van der Waals surface area contributed by atoms with Crippen molar-refractivity contribution < 1.29 is 9.59 Å². The lowest BCUT2D eigenvalue weighted by Gasteiger charge is -2.35. The van der Waals surface area contributed by atoms with Gasteiger partial charge in [0.1, 0.15) is 6.04 Å². The summed E-state index contributed by atoms with van der Waals surface area (Å²) in [5, 5.41) is 2.62. The van der Waals surface area contributed by atoms with E-state index >= 15 is 0 Å². The number of carbonyl (C=O) groups is 2. The maximum Gasteiger partial charge on any atom is 0.247 e. The second-order valence-corrected chi connectivity index (χ2v) is 6.08. The normalized spacial score (nSPS) is 19.9. The number of amides is 2. The molecule has 1 aliphatic rings. The number of hydrogen-bond acceptors (Lipinski definition) is 2. The molecule has 1 unspecified atom stereocenters. The summed E-state index contributed by atoms with van der Waals surface area (Å²) in [6.45, 7) is 1.97. The molecule has 1 aliphatic heterocycles. The van der Waals surface area contributed by atoms with E-state index in [-0.39, 0.29) is 18.4 Å². The Labute approximate surface area is 127 Å². The molecule has 0 saturated carbocycles. The number of nitrogens with one attached hydrogen (secondary N) is 1. The van der Waals surface area contributed by atoms with Gasteiger partial charge >= 0.3 is 0 Å². The summed E-state index contributed by atoms with van der Waals surface area (Å²) in [5.41, 5.74) is 0.789. The minimum absolute atomic E-state index is 0.0674. The third-order valence-corrected chi connectivity index (χ3v) is 4.26. The number of benzene rings is 1. The van der Waals surface area contributed by atoms with Crippen LogP contribution in [0.4, 0.5) is 5.69 Å². The highest BCUT2D eigenvalue weighted by molar-refractivity contribution is 14.1. The van der Waals surface area contributed by atoms with Gasteiger partial charge in [-0.15, -0.1) is 0 Å². The van der Waals surface area contributed by atoms with Gasteiger partial charge in [0.15, 0.2) is 0 Å². The maximum absolute atomic E-state index is 12.1. The molecule has 1 saturated heterocycles. The molecular formula is C12H12BrIN2O2. The third-order valence-electron chi connectivity index (χ3n) is 2.85. The average molecular weight is 423 g/mol. The van der Waals surface area contributed by atoms with Gasteiger partial charge in [0.2, 0.25) is 11.8 Å². The molecule has 1 fully saturated rings. The Kier molecular flexibility index (Phi) is 4.26. The first-order valence-electron chi connectivity index (χ1n) is 5.59. The van der Waals surface area contributed by atoms with E-state index in [9.17, 15) is 9.59 Å². The van der Waals surface area contributed by atoms with E-state index < -0.39 is 6.04 Å². The summed E-state index contributed by atoms with van der Waals surface area (Å²) in [5.74, 6) is -0.162. The van der Waals surface area contributed by atoms with Gasteiger partial charge in [-0.3, -0.25) is 14.5 Å². The molecule has 0 bridgehead atoms. The molecule has 4 nitrogen and oxygen atoms in total. The Morgan fingerprint density at radius 1 is 1.50 bits per heavy atom. The van der Waals surface area contributed by atoms with Crippen LogP contribution in [0.5, 0.6) is 0 Å². The molecule has 0 aromatic heterocycles. The van der Waals surface area contributed by atoms with Crippen molar-refractivity contribution in [3.63, 3.8) is 0 Å². The van der Waals surface area contributed by atoms with Crippen molar-refractivity contribution in [3.05, 3.63) is 26.2 Å². The highest BCUT2D eigenvalue weighted by Crippen LogP contribution is 2.29. The number of piperazine rings is 1. The van der Waals surface area contributed by atoms with Gasteiger partial charge in [-0.25, -0.2) is 0 Å². The fourth-order valence-electron chi connectivity index (χ4n) is 2.00. The van der Waals surface area contributed by atoms with E-state index in [1.165, 1.54) is 0 Å². The summed E-state index contributed by atoms with van der Waals surface area (Å²) in [4.78, 5) is 25.5. The van der Waals surface area contributed by atoms with E-state index in [2.05, 4.69) is 43.8 Å². The second-order valence-electron chi connectivity index (χ2n) is 4.00. The molecule has 0 aliphatic carbocycles. The van der Waals surface area contributed by atoms with Crippen LogP contribution in [0.25, 0.3) is 0 Å². The van der Waals surface area contributed by atoms with Gasteiger partial charge in [-0.1, -0.05) is 22.9 Å².